The van der Waals surface area contributed by atoms with Crippen LogP contribution < -0.4 is 19.1 Å². The predicted molar refractivity (Wildman–Crippen MR) is 129 cm³/mol. The number of nitrogens with zero attached hydrogens (tertiary/aromatic N) is 1. The van der Waals surface area contributed by atoms with Crippen molar-refractivity contribution in [2.24, 2.45) is 0 Å². The van der Waals surface area contributed by atoms with Gasteiger partial charge in [-0.05, 0) is 23.6 Å². The van der Waals surface area contributed by atoms with Crippen LogP contribution in [0.5, 0.6) is 23.0 Å². The average molecular weight is 467 g/mol. The SMILES string of the molecule is COc1cc2cc(C(=O)N3C[C@H](CCl)c4c3cc3ccccc3c4O)[nH]c2c(OC)c1OC. The number of hydrogen-bond donors (Lipinski definition) is 2. The molecule has 0 bridgehead atoms. The molecule has 0 aliphatic carbocycles. The van der Waals surface area contributed by atoms with Gasteiger partial charge in [-0.1, -0.05) is 24.3 Å². The lowest BCUT2D eigenvalue weighted by Crippen LogP contribution is -2.30. The molecule has 0 saturated heterocycles. The van der Waals surface area contributed by atoms with E-state index in [-0.39, 0.29) is 23.5 Å². The summed E-state index contributed by atoms with van der Waals surface area (Å²) in [7, 11) is 4.62. The Morgan fingerprint density at radius 1 is 1.09 bits per heavy atom. The fourth-order valence-corrected chi connectivity index (χ4v) is 4.94. The summed E-state index contributed by atoms with van der Waals surface area (Å²) >= 11 is 6.24. The maximum absolute atomic E-state index is 13.7. The lowest BCUT2D eigenvalue weighted by atomic mass is 9.97. The maximum atomic E-state index is 13.7. The number of alkyl halides is 1. The number of carbonyl (C=O) groups excluding carboxylic acids is 1. The quantitative estimate of drug-likeness (QED) is 0.403. The van der Waals surface area contributed by atoms with E-state index in [9.17, 15) is 9.90 Å². The van der Waals surface area contributed by atoms with E-state index < -0.39 is 0 Å². The summed E-state index contributed by atoms with van der Waals surface area (Å²) in [5.41, 5.74) is 2.39. The summed E-state index contributed by atoms with van der Waals surface area (Å²) in [6.07, 6.45) is 0. The topological polar surface area (TPSA) is 84.0 Å². The number of halogens is 1. The molecule has 1 aliphatic rings. The smallest absolute Gasteiger partial charge is 0.274 e. The van der Waals surface area contributed by atoms with Crippen molar-refractivity contribution in [1.29, 1.82) is 0 Å². The normalized spacial score (nSPS) is 15.2. The maximum Gasteiger partial charge on any atom is 0.274 e. The van der Waals surface area contributed by atoms with E-state index in [2.05, 4.69) is 4.98 Å². The fraction of sp³-hybridized carbons (Fsp3) is 0.240. The highest BCUT2D eigenvalue weighted by atomic mass is 35.5. The largest absolute Gasteiger partial charge is 0.507 e. The number of hydrogen-bond acceptors (Lipinski definition) is 5. The van der Waals surface area contributed by atoms with Crippen LogP contribution in [0.15, 0.2) is 42.5 Å². The molecule has 7 nitrogen and oxygen atoms in total. The molecule has 8 heteroatoms. The van der Waals surface area contributed by atoms with E-state index in [4.69, 9.17) is 25.8 Å². The van der Waals surface area contributed by atoms with Crippen molar-refractivity contribution in [3.63, 3.8) is 0 Å². The van der Waals surface area contributed by atoms with Crippen molar-refractivity contribution in [3.8, 4) is 23.0 Å². The van der Waals surface area contributed by atoms with E-state index in [0.29, 0.717) is 46.3 Å². The number of nitrogens with one attached hydrogen (secondary N) is 1. The minimum atomic E-state index is -0.227. The molecular weight excluding hydrogens is 444 g/mol. The van der Waals surface area contributed by atoms with Crippen molar-refractivity contribution in [2.75, 3.05) is 38.7 Å². The second kappa shape index (κ2) is 8.08. The second-order valence-corrected chi connectivity index (χ2v) is 8.25. The van der Waals surface area contributed by atoms with Gasteiger partial charge in [0, 0.05) is 34.7 Å². The Kier molecular flexibility index (Phi) is 5.21. The van der Waals surface area contributed by atoms with Crippen LogP contribution in [-0.4, -0.2) is 49.8 Å². The number of anilines is 1. The summed E-state index contributed by atoms with van der Waals surface area (Å²) in [5, 5.41) is 13.3. The van der Waals surface area contributed by atoms with E-state index >= 15 is 0 Å². The fourth-order valence-electron chi connectivity index (χ4n) is 4.69. The number of ether oxygens (including phenoxy) is 3. The molecule has 4 aromatic rings. The molecule has 2 N–H and O–H groups in total. The first kappa shape index (κ1) is 21.3. The third kappa shape index (κ3) is 3.15. The Morgan fingerprint density at radius 3 is 2.55 bits per heavy atom. The highest BCUT2D eigenvalue weighted by molar-refractivity contribution is 6.19. The molecule has 2 heterocycles. The molecule has 0 saturated carbocycles. The zero-order valence-corrected chi connectivity index (χ0v) is 19.2. The zero-order chi connectivity index (χ0) is 23.3. The Bertz CT molecular complexity index is 1400. The van der Waals surface area contributed by atoms with Crippen LogP contribution >= 0.6 is 11.6 Å². The monoisotopic (exact) mass is 466 g/mol. The van der Waals surface area contributed by atoms with Gasteiger partial charge in [0.1, 0.15) is 11.4 Å². The lowest BCUT2D eigenvalue weighted by molar-refractivity contribution is 0.0984. The predicted octanol–water partition coefficient (Wildman–Crippen LogP) is 5.04. The Morgan fingerprint density at radius 2 is 1.85 bits per heavy atom. The molecule has 0 fully saturated rings. The molecule has 1 aliphatic heterocycles. The van der Waals surface area contributed by atoms with Crippen molar-refractivity contribution in [2.45, 2.75) is 5.92 Å². The third-order valence-electron chi connectivity index (χ3n) is 6.22. The first-order chi connectivity index (χ1) is 16.0. The molecule has 1 amide bonds. The molecule has 0 radical (unpaired) electrons. The van der Waals surface area contributed by atoms with Crippen LogP contribution in [0.2, 0.25) is 0 Å². The highest BCUT2D eigenvalue weighted by Crippen LogP contribution is 2.47. The van der Waals surface area contributed by atoms with Crippen molar-refractivity contribution < 1.29 is 24.1 Å². The Labute approximate surface area is 195 Å². The summed E-state index contributed by atoms with van der Waals surface area (Å²) in [4.78, 5) is 18.5. The third-order valence-corrected chi connectivity index (χ3v) is 6.60. The standard InChI is InChI=1S/C25H23ClN2O5/c1-31-19-10-14-8-17(27-21(14)24(33-3)23(19)32-2)25(30)28-12-15(11-26)20-18(28)9-13-6-4-5-7-16(13)22(20)29/h4-10,15,27,29H,11-12H2,1-3H3/t15-/m0/s1. The van der Waals surface area contributed by atoms with Gasteiger partial charge in [-0.25, -0.2) is 0 Å². The molecule has 3 aromatic carbocycles. The summed E-state index contributed by atoms with van der Waals surface area (Å²) < 4.78 is 16.4. The van der Waals surface area contributed by atoms with Gasteiger partial charge < -0.3 is 29.2 Å². The van der Waals surface area contributed by atoms with E-state index in [1.807, 2.05) is 30.3 Å². The van der Waals surface area contributed by atoms with Crippen molar-refractivity contribution in [1.82, 2.24) is 4.98 Å². The van der Waals surface area contributed by atoms with Gasteiger partial charge in [-0.15, -0.1) is 11.6 Å². The first-order valence-electron chi connectivity index (χ1n) is 10.5. The van der Waals surface area contributed by atoms with Crippen LogP contribution in [0.3, 0.4) is 0 Å². The zero-order valence-electron chi connectivity index (χ0n) is 18.4. The van der Waals surface area contributed by atoms with Gasteiger partial charge in [0.2, 0.25) is 5.75 Å². The number of aromatic nitrogens is 1. The molecule has 33 heavy (non-hydrogen) atoms. The summed E-state index contributed by atoms with van der Waals surface area (Å²) in [6, 6.07) is 13.1. The first-order valence-corrected chi connectivity index (χ1v) is 11.0. The van der Waals surface area contributed by atoms with Crippen LogP contribution in [0.25, 0.3) is 21.7 Å². The molecule has 1 aromatic heterocycles. The average Bonchev–Trinajstić information content (AvgIpc) is 3.44. The van der Waals surface area contributed by atoms with Gasteiger partial charge in [0.05, 0.1) is 32.5 Å². The van der Waals surface area contributed by atoms with E-state index in [1.54, 1.807) is 24.1 Å². The van der Waals surface area contributed by atoms with Gasteiger partial charge in [0.25, 0.3) is 5.91 Å². The van der Waals surface area contributed by atoms with Gasteiger partial charge in [-0.2, -0.15) is 0 Å². The number of carbonyl (C=O) groups is 1. The lowest BCUT2D eigenvalue weighted by Gasteiger charge is -2.17. The number of H-pyrrole nitrogens is 1. The van der Waals surface area contributed by atoms with Gasteiger partial charge in [-0.3, -0.25) is 4.79 Å². The molecule has 0 unspecified atom stereocenters. The molecule has 170 valence electrons. The number of methoxy groups -OCH3 is 3. The minimum Gasteiger partial charge on any atom is -0.507 e. The number of aromatic hydroxyl groups is 1. The van der Waals surface area contributed by atoms with Gasteiger partial charge >= 0.3 is 0 Å². The van der Waals surface area contributed by atoms with Crippen LogP contribution in [0, 0.1) is 0 Å². The Hall–Kier alpha value is -3.58. The van der Waals surface area contributed by atoms with Crippen LogP contribution in [0.4, 0.5) is 5.69 Å². The molecule has 1 atom stereocenters. The number of phenols is 1. The number of aromatic amines is 1. The molecule has 0 spiro atoms. The second-order valence-electron chi connectivity index (χ2n) is 7.94. The highest BCUT2D eigenvalue weighted by Gasteiger charge is 2.36. The molecule has 5 rings (SSSR count). The van der Waals surface area contributed by atoms with Crippen molar-refractivity contribution in [3.05, 3.63) is 53.7 Å². The van der Waals surface area contributed by atoms with E-state index in [0.717, 1.165) is 16.2 Å². The summed E-state index contributed by atoms with van der Waals surface area (Å²) in [6.45, 7) is 0.376. The van der Waals surface area contributed by atoms with Gasteiger partial charge in [0.15, 0.2) is 11.5 Å². The number of fused-ring (bicyclic) bond motifs is 3. The van der Waals surface area contributed by atoms with Crippen LogP contribution in [0.1, 0.15) is 22.0 Å². The number of amides is 1. The van der Waals surface area contributed by atoms with Crippen LogP contribution in [-0.2, 0) is 0 Å². The number of phenolic OH excluding ortho intramolecular Hbond substituents is 1. The minimum absolute atomic E-state index is 0.172. The summed E-state index contributed by atoms with van der Waals surface area (Å²) in [5.74, 6) is 1.47. The number of benzene rings is 3. The van der Waals surface area contributed by atoms with Crippen molar-refractivity contribution >= 4 is 44.9 Å². The molecular formula is C25H23ClN2O5. The Balaban J connectivity index is 1.64. The van der Waals surface area contributed by atoms with E-state index in [1.165, 1.54) is 14.2 Å². The number of rotatable bonds is 5.